The maximum absolute atomic E-state index is 13.0. The van der Waals surface area contributed by atoms with Crippen molar-refractivity contribution in [1.29, 1.82) is 5.41 Å². The first-order valence-corrected chi connectivity index (χ1v) is 15.7. The van der Waals surface area contributed by atoms with Crippen LogP contribution in [-0.4, -0.2) is 73.5 Å². The van der Waals surface area contributed by atoms with Gasteiger partial charge in [0, 0.05) is 55.5 Å². The Hall–Kier alpha value is -1.71. The molecule has 0 radical (unpaired) electrons. The summed E-state index contributed by atoms with van der Waals surface area (Å²) < 4.78 is 0. The normalized spacial score (nSPS) is 21.5. The number of amides is 2. The highest BCUT2D eigenvalue weighted by Crippen LogP contribution is 2.13. The van der Waals surface area contributed by atoms with Crippen molar-refractivity contribution in [1.82, 2.24) is 31.9 Å². The lowest BCUT2D eigenvalue weighted by atomic mass is 10.00. The largest absolute Gasteiger partial charge is 0.371 e. The highest BCUT2D eigenvalue weighted by Gasteiger charge is 2.24. The molecule has 1 fully saturated rings. The van der Waals surface area contributed by atoms with E-state index in [0.717, 1.165) is 77.4 Å². The molecule has 3 unspecified atom stereocenters. The van der Waals surface area contributed by atoms with Crippen molar-refractivity contribution < 1.29 is 9.59 Å². The van der Waals surface area contributed by atoms with Gasteiger partial charge in [0.25, 0.3) is 0 Å². The van der Waals surface area contributed by atoms with Gasteiger partial charge in [-0.25, -0.2) is 0 Å². The fourth-order valence-corrected chi connectivity index (χ4v) is 4.97. The first-order chi connectivity index (χ1) is 18.5. The van der Waals surface area contributed by atoms with E-state index in [4.69, 9.17) is 5.41 Å². The van der Waals surface area contributed by atoms with Gasteiger partial charge in [0.2, 0.25) is 11.8 Å². The summed E-state index contributed by atoms with van der Waals surface area (Å²) in [5, 5.41) is 28.7. The molecule has 9 nitrogen and oxygen atoms in total. The number of amidine groups is 1. The maximum Gasteiger partial charge on any atom is 0.222 e. The van der Waals surface area contributed by atoms with Crippen molar-refractivity contribution in [3.63, 3.8) is 0 Å². The summed E-state index contributed by atoms with van der Waals surface area (Å²) in [6.07, 6.45) is 9.63. The van der Waals surface area contributed by atoms with Gasteiger partial charge >= 0.3 is 0 Å². The number of rotatable bonds is 18. The minimum atomic E-state index is -0.165. The molecule has 1 aliphatic heterocycles. The fourth-order valence-electron chi connectivity index (χ4n) is 4.97. The van der Waals surface area contributed by atoms with E-state index >= 15 is 0 Å². The van der Waals surface area contributed by atoms with E-state index in [1.54, 1.807) is 0 Å². The van der Waals surface area contributed by atoms with Crippen LogP contribution in [0.4, 0.5) is 0 Å². The average molecular weight is 552 g/mol. The predicted octanol–water partition coefficient (Wildman–Crippen LogP) is 3.58. The number of nitrogens with one attached hydrogen (secondary N) is 7. The quantitative estimate of drug-likeness (QED) is 0.130. The van der Waals surface area contributed by atoms with Gasteiger partial charge in [-0.05, 0) is 58.2 Å². The standard InChI is InChI=1S/C30H61N7O2/c1-22(2)32-16-10-7-13-25-19-28(31)35-26(14-8-11-17-33-23(3)4)20-29(38)37-27(21-30(39)36-25)15-9-12-18-34-24(5)6/h22-27,32-34H,7-21H2,1-6H3,(H2,31,35)(H,36,39)(H,37,38). The highest BCUT2D eigenvalue weighted by atomic mass is 16.2. The molecule has 0 aromatic heterocycles. The topological polar surface area (TPSA) is 130 Å². The van der Waals surface area contributed by atoms with Gasteiger partial charge in [0.05, 0.1) is 5.84 Å². The molecule has 3 atom stereocenters. The third-order valence-electron chi connectivity index (χ3n) is 7.02. The van der Waals surface area contributed by atoms with Crippen LogP contribution in [0.15, 0.2) is 0 Å². The molecule has 0 aliphatic carbocycles. The van der Waals surface area contributed by atoms with Crippen molar-refractivity contribution in [3.05, 3.63) is 0 Å². The van der Waals surface area contributed by atoms with Crippen molar-refractivity contribution in [2.24, 2.45) is 0 Å². The van der Waals surface area contributed by atoms with Gasteiger partial charge < -0.3 is 31.9 Å². The second-order valence-electron chi connectivity index (χ2n) is 12.3. The summed E-state index contributed by atoms with van der Waals surface area (Å²) in [5.74, 6) is 0.343. The van der Waals surface area contributed by atoms with Crippen LogP contribution in [-0.2, 0) is 9.59 Å². The Balaban J connectivity index is 2.81. The van der Waals surface area contributed by atoms with Crippen LogP contribution in [0.3, 0.4) is 0 Å². The zero-order valence-electron chi connectivity index (χ0n) is 25.9. The SMILES string of the molecule is CC(C)NCCCCC1CC(=O)NC(CCCCNC(C)C)CC(=O)NC(CCCCNC(C)C)CC(=N)N1. The van der Waals surface area contributed by atoms with Crippen LogP contribution in [0, 0.1) is 5.41 Å². The van der Waals surface area contributed by atoms with Crippen molar-refractivity contribution in [2.45, 2.75) is 155 Å². The molecular formula is C30H61N7O2. The van der Waals surface area contributed by atoms with E-state index in [2.05, 4.69) is 73.4 Å². The number of hydrogen-bond acceptors (Lipinski definition) is 6. The van der Waals surface area contributed by atoms with Gasteiger partial charge in [-0.15, -0.1) is 0 Å². The molecule has 2 amide bonds. The first kappa shape index (κ1) is 35.3. The molecule has 39 heavy (non-hydrogen) atoms. The first-order valence-electron chi connectivity index (χ1n) is 15.7. The van der Waals surface area contributed by atoms with Crippen molar-refractivity contribution in [2.75, 3.05) is 19.6 Å². The van der Waals surface area contributed by atoms with E-state index in [1.165, 1.54) is 0 Å². The molecule has 7 N–H and O–H groups in total. The Bertz CT molecular complexity index is 570. The molecule has 0 spiro atoms. The highest BCUT2D eigenvalue weighted by molar-refractivity contribution is 5.84. The Morgan fingerprint density at radius 2 is 0.923 bits per heavy atom. The third kappa shape index (κ3) is 19.9. The van der Waals surface area contributed by atoms with Gasteiger partial charge in [0.15, 0.2) is 0 Å². The second-order valence-corrected chi connectivity index (χ2v) is 12.3. The zero-order chi connectivity index (χ0) is 29.0. The number of unbranched alkanes of at least 4 members (excludes halogenated alkanes) is 3. The fraction of sp³-hybridized carbons (Fsp3) is 0.900. The molecule has 1 aliphatic rings. The van der Waals surface area contributed by atoms with Crippen LogP contribution in [0.1, 0.15) is 119 Å². The van der Waals surface area contributed by atoms with Crippen LogP contribution in [0.25, 0.3) is 0 Å². The van der Waals surface area contributed by atoms with Crippen molar-refractivity contribution >= 4 is 17.6 Å². The minimum absolute atomic E-state index is 0.0338. The lowest BCUT2D eigenvalue weighted by molar-refractivity contribution is -0.124. The van der Waals surface area contributed by atoms with Crippen LogP contribution < -0.4 is 31.9 Å². The molecule has 228 valence electrons. The molecule has 0 bridgehead atoms. The Kier molecular flexibility index (Phi) is 19.1. The van der Waals surface area contributed by atoms with Gasteiger partial charge in [-0.3, -0.25) is 15.0 Å². The van der Waals surface area contributed by atoms with E-state index in [-0.39, 0.29) is 29.9 Å². The van der Waals surface area contributed by atoms with Gasteiger partial charge in [-0.1, -0.05) is 60.8 Å². The monoisotopic (exact) mass is 551 g/mol. The number of carbonyl (C=O) groups is 2. The smallest absolute Gasteiger partial charge is 0.222 e. The zero-order valence-corrected chi connectivity index (χ0v) is 25.9. The van der Waals surface area contributed by atoms with Crippen LogP contribution in [0.5, 0.6) is 0 Å². The van der Waals surface area contributed by atoms with E-state index < -0.39 is 0 Å². The Morgan fingerprint density at radius 3 is 1.28 bits per heavy atom. The van der Waals surface area contributed by atoms with Crippen LogP contribution in [0.2, 0.25) is 0 Å². The molecule has 0 saturated carbocycles. The molecular weight excluding hydrogens is 490 g/mol. The van der Waals surface area contributed by atoms with Gasteiger partial charge in [0.1, 0.15) is 0 Å². The molecule has 0 aromatic rings. The maximum atomic E-state index is 13.0. The average Bonchev–Trinajstić information content (AvgIpc) is 2.81. The number of carbonyl (C=O) groups excluding carboxylic acids is 2. The van der Waals surface area contributed by atoms with E-state index in [0.29, 0.717) is 43.2 Å². The van der Waals surface area contributed by atoms with E-state index in [9.17, 15) is 9.59 Å². The van der Waals surface area contributed by atoms with Crippen LogP contribution >= 0.6 is 0 Å². The lowest BCUT2D eigenvalue weighted by Gasteiger charge is -2.27. The summed E-state index contributed by atoms with van der Waals surface area (Å²) in [5.41, 5.74) is 0. The predicted molar refractivity (Wildman–Crippen MR) is 163 cm³/mol. The van der Waals surface area contributed by atoms with Crippen molar-refractivity contribution in [3.8, 4) is 0 Å². The van der Waals surface area contributed by atoms with E-state index in [1.807, 2.05) is 0 Å². The summed E-state index contributed by atoms with van der Waals surface area (Å²) in [6, 6.07) is 1.09. The molecule has 9 heteroatoms. The molecule has 1 rings (SSSR count). The Labute approximate surface area is 239 Å². The molecule has 1 heterocycles. The summed E-state index contributed by atoms with van der Waals surface area (Å²) in [4.78, 5) is 26.0. The minimum Gasteiger partial charge on any atom is -0.371 e. The summed E-state index contributed by atoms with van der Waals surface area (Å²) >= 11 is 0. The lowest BCUT2D eigenvalue weighted by Crippen LogP contribution is -2.48. The third-order valence-corrected chi connectivity index (χ3v) is 7.02. The Morgan fingerprint density at radius 1 is 0.590 bits per heavy atom. The number of hydrogen-bond donors (Lipinski definition) is 7. The summed E-state index contributed by atoms with van der Waals surface area (Å²) in [6.45, 7) is 15.7. The second kappa shape index (κ2) is 21.1. The molecule has 0 aromatic carbocycles. The van der Waals surface area contributed by atoms with Gasteiger partial charge in [-0.2, -0.15) is 0 Å². The summed E-state index contributed by atoms with van der Waals surface area (Å²) in [7, 11) is 0. The molecule has 1 saturated heterocycles.